The van der Waals surface area contributed by atoms with Crippen LogP contribution in [0.5, 0.6) is 5.75 Å². The highest BCUT2D eigenvalue weighted by atomic mass is 16.3. The topological polar surface area (TPSA) is 74.6 Å². The first-order valence-corrected chi connectivity index (χ1v) is 8.25. The number of hydrogen-bond donors (Lipinski definition) is 2. The van der Waals surface area contributed by atoms with Crippen molar-refractivity contribution in [3.8, 4) is 5.75 Å². The second-order valence-corrected chi connectivity index (χ2v) is 6.35. The van der Waals surface area contributed by atoms with E-state index < -0.39 is 11.5 Å². The number of amides is 1. The number of pyridine rings is 1. The Bertz CT molecular complexity index is 1020. The zero-order valence-electron chi connectivity index (χ0n) is 15.0. The van der Waals surface area contributed by atoms with Crippen LogP contribution in [0.1, 0.15) is 15.9 Å². The van der Waals surface area contributed by atoms with E-state index in [1.165, 1.54) is 4.57 Å². The summed E-state index contributed by atoms with van der Waals surface area (Å²) in [5.74, 6) is -0.880. The second-order valence-electron chi connectivity index (χ2n) is 6.35. The average molecular weight is 351 g/mol. The number of aromatic nitrogens is 1. The van der Waals surface area contributed by atoms with Crippen molar-refractivity contribution in [3.05, 3.63) is 70.0 Å². The summed E-state index contributed by atoms with van der Waals surface area (Å²) in [7, 11) is 5.49. The number of carbonyl (C=O) groups is 1. The molecule has 0 aliphatic carbocycles. The van der Waals surface area contributed by atoms with Gasteiger partial charge in [0.15, 0.2) is 0 Å². The van der Waals surface area contributed by atoms with Crippen molar-refractivity contribution in [1.82, 2.24) is 9.88 Å². The van der Waals surface area contributed by atoms with Crippen LogP contribution in [0.3, 0.4) is 0 Å². The van der Waals surface area contributed by atoms with E-state index in [9.17, 15) is 14.7 Å². The molecule has 1 aromatic heterocycles. The number of nitrogens with zero attached hydrogens (tertiary/aromatic N) is 2. The summed E-state index contributed by atoms with van der Waals surface area (Å²) in [6.07, 6.45) is 0. The Hall–Kier alpha value is -3.28. The van der Waals surface area contributed by atoms with Gasteiger partial charge in [0.2, 0.25) is 0 Å². The van der Waals surface area contributed by atoms with Gasteiger partial charge in [0.1, 0.15) is 11.3 Å². The molecule has 1 heterocycles. The third-order valence-corrected chi connectivity index (χ3v) is 4.41. The van der Waals surface area contributed by atoms with Gasteiger partial charge in [0.05, 0.1) is 5.52 Å². The van der Waals surface area contributed by atoms with Crippen LogP contribution in [0.2, 0.25) is 0 Å². The van der Waals surface area contributed by atoms with Crippen molar-refractivity contribution in [1.29, 1.82) is 0 Å². The Morgan fingerprint density at radius 3 is 2.42 bits per heavy atom. The Labute approximate surface area is 151 Å². The van der Waals surface area contributed by atoms with E-state index in [2.05, 4.69) is 5.32 Å². The number of benzene rings is 2. The van der Waals surface area contributed by atoms with Gasteiger partial charge in [-0.3, -0.25) is 9.59 Å². The summed E-state index contributed by atoms with van der Waals surface area (Å²) in [4.78, 5) is 27.0. The Morgan fingerprint density at radius 2 is 1.77 bits per heavy atom. The normalized spacial score (nSPS) is 10.7. The molecule has 6 nitrogen and oxygen atoms in total. The summed E-state index contributed by atoms with van der Waals surface area (Å²) in [5, 5.41) is 13.6. The molecule has 134 valence electrons. The van der Waals surface area contributed by atoms with Gasteiger partial charge in [-0.1, -0.05) is 24.3 Å². The van der Waals surface area contributed by atoms with E-state index in [1.54, 1.807) is 31.3 Å². The molecule has 3 rings (SSSR count). The van der Waals surface area contributed by atoms with Gasteiger partial charge in [-0.05, 0) is 29.8 Å². The third-order valence-electron chi connectivity index (χ3n) is 4.41. The van der Waals surface area contributed by atoms with Crippen LogP contribution in [0.15, 0.2) is 53.3 Å². The fourth-order valence-electron chi connectivity index (χ4n) is 2.87. The zero-order chi connectivity index (χ0) is 18.8. The van der Waals surface area contributed by atoms with Crippen molar-refractivity contribution < 1.29 is 9.90 Å². The van der Waals surface area contributed by atoms with E-state index in [0.29, 0.717) is 10.9 Å². The van der Waals surface area contributed by atoms with Gasteiger partial charge in [0.25, 0.3) is 11.5 Å². The molecule has 0 atom stereocenters. The van der Waals surface area contributed by atoms with Gasteiger partial charge in [-0.15, -0.1) is 0 Å². The first-order valence-electron chi connectivity index (χ1n) is 8.25. The molecule has 2 N–H and O–H groups in total. The van der Waals surface area contributed by atoms with Gasteiger partial charge in [0, 0.05) is 38.8 Å². The van der Waals surface area contributed by atoms with Crippen LogP contribution in [-0.2, 0) is 13.6 Å². The van der Waals surface area contributed by atoms with Crippen LogP contribution < -0.4 is 15.8 Å². The lowest BCUT2D eigenvalue weighted by Gasteiger charge is -2.14. The number of para-hydroxylation sites is 1. The molecule has 0 bridgehead atoms. The maximum Gasteiger partial charge on any atom is 0.267 e. The zero-order valence-corrected chi connectivity index (χ0v) is 15.0. The SMILES string of the molecule is CN(C)c1ccc(CNC(=O)c2c(O)c3ccccc3n(C)c2=O)cc1. The minimum Gasteiger partial charge on any atom is -0.506 e. The number of carbonyl (C=O) groups excluding carboxylic acids is 1. The molecule has 0 saturated carbocycles. The molecule has 0 saturated heterocycles. The number of rotatable bonds is 4. The molecule has 2 aromatic carbocycles. The Morgan fingerprint density at radius 1 is 1.12 bits per heavy atom. The number of aryl methyl sites for hydroxylation is 1. The van der Waals surface area contributed by atoms with Crippen LogP contribution in [0.25, 0.3) is 10.9 Å². The van der Waals surface area contributed by atoms with E-state index >= 15 is 0 Å². The molecule has 0 aliphatic rings. The van der Waals surface area contributed by atoms with Gasteiger partial charge >= 0.3 is 0 Å². The van der Waals surface area contributed by atoms with Crippen molar-refractivity contribution in [2.24, 2.45) is 7.05 Å². The molecule has 0 aliphatic heterocycles. The number of fused-ring (bicyclic) bond motifs is 1. The number of anilines is 1. The first kappa shape index (κ1) is 17.5. The third kappa shape index (κ3) is 3.13. The van der Waals surface area contributed by atoms with Crippen LogP contribution in [-0.4, -0.2) is 29.7 Å². The summed E-state index contributed by atoms with van der Waals surface area (Å²) < 4.78 is 1.37. The van der Waals surface area contributed by atoms with Crippen molar-refractivity contribution in [2.45, 2.75) is 6.54 Å². The predicted molar refractivity (Wildman–Crippen MR) is 103 cm³/mol. The number of nitrogens with one attached hydrogen (secondary N) is 1. The smallest absolute Gasteiger partial charge is 0.267 e. The van der Waals surface area contributed by atoms with Crippen molar-refractivity contribution in [3.63, 3.8) is 0 Å². The molecule has 0 spiro atoms. The molecular weight excluding hydrogens is 330 g/mol. The molecule has 1 amide bonds. The molecule has 0 fully saturated rings. The standard InChI is InChI=1S/C20H21N3O3/c1-22(2)14-10-8-13(9-11-14)12-21-19(25)17-18(24)15-6-4-5-7-16(15)23(3)20(17)26/h4-11,24H,12H2,1-3H3,(H,21,25). The number of hydrogen-bond acceptors (Lipinski definition) is 4. The summed E-state index contributed by atoms with van der Waals surface area (Å²) >= 11 is 0. The van der Waals surface area contributed by atoms with Crippen LogP contribution >= 0.6 is 0 Å². The maximum atomic E-state index is 12.5. The number of aromatic hydroxyl groups is 1. The highest BCUT2D eigenvalue weighted by molar-refractivity contribution is 6.02. The molecule has 0 radical (unpaired) electrons. The highest BCUT2D eigenvalue weighted by Gasteiger charge is 2.20. The lowest BCUT2D eigenvalue weighted by molar-refractivity contribution is 0.0946. The molecule has 6 heteroatoms. The van der Waals surface area contributed by atoms with E-state index in [4.69, 9.17) is 0 Å². The van der Waals surface area contributed by atoms with Crippen LogP contribution in [0, 0.1) is 0 Å². The Kier molecular flexibility index (Phi) is 4.67. The monoisotopic (exact) mass is 351 g/mol. The van der Waals surface area contributed by atoms with E-state index in [-0.39, 0.29) is 17.9 Å². The highest BCUT2D eigenvalue weighted by Crippen LogP contribution is 2.25. The molecule has 26 heavy (non-hydrogen) atoms. The second kappa shape index (κ2) is 6.92. The van der Waals surface area contributed by atoms with Gasteiger partial charge < -0.3 is 19.9 Å². The quantitative estimate of drug-likeness (QED) is 0.756. The minimum absolute atomic E-state index is 0.240. The predicted octanol–water partition coefficient (Wildman–Crippen LogP) is 2.24. The largest absolute Gasteiger partial charge is 0.506 e. The molecule has 3 aromatic rings. The van der Waals surface area contributed by atoms with Gasteiger partial charge in [-0.2, -0.15) is 0 Å². The summed E-state index contributed by atoms with van der Waals surface area (Å²) in [5.41, 5.74) is 1.77. The first-order chi connectivity index (χ1) is 12.4. The van der Waals surface area contributed by atoms with E-state index in [1.807, 2.05) is 43.3 Å². The lowest BCUT2D eigenvalue weighted by Crippen LogP contribution is -2.32. The fraction of sp³-hybridized carbons (Fsp3) is 0.200. The molecule has 0 unspecified atom stereocenters. The summed E-state index contributed by atoms with van der Waals surface area (Å²) in [6.45, 7) is 0.266. The van der Waals surface area contributed by atoms with Crippen molar-refractivity contribution >= 4 is 22.5 Å². The minimum atomic E-state index is -0.592. The fourth-order valence-corrected chi connectivity index (χ4v) is 2.87. The van der Waals surface area contributed by atoms with Gasteiger partial charge in [-0.25, -0.2) is 0 Å². The summed E-state index contributed by atoms with van der Waals surface area (Å²) in [6, 6.07) is 14.7. The van der Waals surface area contributed by atoms with Crippen LogP contribution in [0.4, 0.5) is 5.69 Å². The van der Waals surface area contributed by atoms with Crippen molar-refractivity contribution in [2.75, 3.05) is 19.0 Å². The molecular formula is C20H21N3O3. The maximum absolute atomic E-state index is 12.5. The lowest BCUT2D eigenvalue weighted by atomic mass is 10.1. The van der Waals surface area contributed by atoms with E-state index in [0.717, 1.165) is 11.3 Å². The average Bonchev–Trinajstić information content (AvgIpc) is 2.65. The Balaban J connectivity index is 1.87.